The van der Waals surface area contributed by atoms with Crippen LogP contribution in [0.25, 0.3) is 0 Å². The zero-order chi connectivity index (χ0) is 82.4. The van der Waals surface area contributed by atoms with Crippen molar-refractivity contribution in [3.63, 3.8) is 0 Å². The molecule has 110 heavy (non-hydrogen) atoms. The molecule has 2 aliphatic heterocycles. The van der Waals surface area contributed by atoms with Gasteiger partial charge in [0.25, 0.3) is 0 Å². The summed E-state index contributed by atoms with van der Waals surface area (Å²) < 4.78 is 0. The van der Waals surface area contributed by atoms with Crippen molar-refractivity contribution in [3.05, 3.63) is 65.7 Å². The van der Waals surface area contributed by atoms with E-state index >= 15 is 0 Å². The Hall–Kier alpha value is -11.1. The van der Waals surface area contributed by atoms with Crippen molar-refractivity contribution in [3.8, 4) is 5.75 Å². The van der Waals surface area contributed by atoms with Crippen LogP contribution in [0, 0.1) is 23.7 Å². The van der Waals surface area contributed by atoms with E-state index in [-0.39, 0.29) is 95.2 Å². The lowest BCUT2D eigenvalue weighted by atomic mass is 9.98. The van der Waals surface area contributed by atoms with E-state index in [9.17, 15) is 97.1 Å². The van der Waals surface area contributed by atoms with Gasteiger partial charge in [0.2, 0.25) is 82.7 Å². The third-order valence-corrected chi connectivity index (χ3v) is 18.2. The normalized spacial score (nSPS) is 17.0. The molecule has 2 aromatic rings. The first-order valence-electron chi connectivity index (χ1n) is 36.6. The number of aliphatic carboxylic acids is 2. The Morgan fingerprint density at radius 3 is 1.45 bits per heavy atom. The second-order valence-corrected chi connectivity index (χ2v) is 28.8. The Kier molecular flexibility index (Phi) is 36.9. The first-order chi connectivity index (χ1) is 51.7. The number of carboxylic acid groups (broad SMARTS) is 2. The zero-order valence-electron chi connectivity index (χ0n) is 63.5. The van der Waals surface area contributed by atoms with Crippen LogP contribution in [0.4, 0.5) is 0 Å². The topological polar surface area (TPSA) is 609 Å². The maximum atomic E-state index is 14.7. The third kappa shape index (κ3) is 29.5. The molecule has 0 aliphatic carbocycles. The molecule has 14 amide bonds. The van der Waals surface area contributed by atoms with Crippen molar-refractivity contribution >= 4 is 101 Å². The Labute approximate surface area is 637 Å². The highest BCUT2D eigenvalue weighted by molar-refractivity contribution is 6.01. The number of benzene rings is 2. The molecule has 2 heterocycles. The number of rotatable bonds is 44. The van der Waals surface area contributed by atoms with E-state index < -0.39 is 217 Å². The van der Waals surface area contributed by atoms with Gasteiger partial charge in [0, 0.05) is 38.9 Å². The second kappa shape index (κ2) is 44.4. The van der Waals surface area contributed by atoms with Crippen molar-refractivity contribution in [1.82, 2.24) is 68.3 Å². The standard InChI is InChI=1S/C72H110N18O20/c1-36(2)30-46(79-53(94)34-73)60(98)78-35-54(95)80-48(31-42-21-23-43(92)24-22-42)70(108)90-29-15-19-50(90)63(101)86-58(39(7)8)67(105)87-57(38(5)6)65(103)81-44(18-13-27-77-72(75)76)61(99)82-45(25-26-55(96)97)69(107)89-28-14-20-51(89)64(102)88-59(40(9)91)68(106)83-47(33-52(74)93)62(100)85-56(37(3)4)66(104)84-49(71(109)110)32-41-16-11-10-12-17-41/h10-12,16-17,21-24,36-40,44-51,56-59,91-92H,13-15,18-20,25-35,73H2,1-9H3,(H2,74,93)(H,78,98)(H,79,94)(H,80,95)(H,81,103)(H,82,99)(H,83,106)(H,84,104)(H,85,100)(H,86,101)(H,87,105)(H,88,102)(H,96,97)(H,109,110)(H4,75,76,77)/t40-,44+,45+,46+,47+,48+,49+,50+,51+,56+,57+,58+,59+/m1/s1. The van der Waals surface area contributed by atoms with E-state index in [4.69, 9.17) is 22.9 Å². The summed E-state index contributed by atoms with van der Waals surface area (Å²) in [5.41, 5.74) is 23.1. The molecule has 2 fully saturated rings. The van der Waals surface area contributed by atoms with Gasteiger partial charge in [-0.25, -0.2) is 4.79 Å². The molecular weight excluding hydrogens is 1440 g/mol. The summed E-state index contributed by atoms with van der Waals surface area (Å²) in [6.45, 7) is 12.9. The highest BCUT2D eigenvalue weighted by Gasteiger charge is 2.44. The fraction of sp³-hybridized carbons (Fsp3) is 0.597. The number of hydrogen-bond acceptors (Lipinski definition) is 20. The number of carboxylic acids is 2. The number of carbonyl (C=O) groups is 16. The van der Waals surface area contributed by atoms with Crippen molar-refractivity contribution in [2.45, 2.75) is 218 Å². The lowest BCUT2D eigenvalue weighted by Gasteiger charge is -2.32. The molecule has 38 nitrogen and oxygen atoms in total. The zero-order valence-corrected chi connectivity index (χ0v) is 63.5. The number of aliphatic hydroxyl groups is 1. The number of carbonyl (C=O) groups excluding carboxylic acids is 14. The fourth-order valence-electron chi connectivity index (χ4n) is 12.4. The van der Waals surface area contributed by atoms with Crippen LogP contribution in [0.5, 0.6) is 5.75 Å². The molecule has 2 aliphatic rings. The van der Waals surface area contributed by atoms with Crippen molar-refractivity contribution in [2.75, 3.05) is 32.7 Å². The number of aliphatic hydroxyl groups excluding tert-OH is 1. The van der Waals surface area contributed by atoms with Gasteiger partial charge in [-0.05, 0) is 105 Å². The number of nitrogens with one attached hydrogen (secondary N) is 11. The van der Waals surface area contributed by atoms with Crippen LogP contribution in [-0.4, -0.2) is 242 Å². The van der Waals surface area contributed by atoms with Gasteiger partial charge < -0.3 is 112 Å². The summed E-state index contributed by atoms with van der Waals surface area (Å²) in [4.78, 5) is 225. The van der Waals surface area contributed by atoms with Crippen molar-refractivity contribution in [1.29, 1.82) is 0 Å². The molecule has 0 spiro atoms. The number of nitrogens with two attached hydrogens (primary N) is 4. The number of guanidine groups is 1. The SMILES string of the molecule is CC(C)C[C@H](NC(=O)CN)C(=O)NCC(=O)N[C@@H](Cc1ccc(O)cc1)C(=O)N1CCC[C@H]1C(=O)N[C@H](C(=O)N[C@H](C(=O)N[C@@H](CCCN=C(N)N)C(=O)N[C@@H](CCC(=O)O)C(=O)N1CCC[C@H]1C(=O)N[C@H](C(=O)N[C@@H](CC(N)=O)C(=O)N[C@H](C(=O)N[C@@H](Cc1ccccc1)C(=O)O)C(C)C)[C@@H](C)O)C(C)C)C(C)C. The maximum absolute atomic E-state index is 14.7. The number of aromatic hydroxyl groups is 1. The molecule has 38 heteroatoms. The number of phenolic OH excluding ortho intramolecular Hbond substituents is 1. The van der Waals surface area contributed by atoms with E-state index in [0.29, 0.717) is 17.5 Å². The first-order valence-corrected chi connectivity index (χ1v) is 36.6. The van der Waals surface area contributed by atoms with E-state index in [1.165, 1.54) is 43.0 Å². The average molecular weight is 1550 g/mol. The Morgan fingerprint density at radius 1 is 0.500 bits per heavy atom. The van der Waals surface area contributed by atoms with Crippen LogP contribution in [0.2, 0.25) is 0 Å². The molecule has 2 saturated heterocycles. The van der Waals surface area contributed by atoms with Gasteiger partial charge in [-0.1, -0.05) is 97.9 Å². The summed E-state index contributed by atoms with van der Waals surface area (Å²) in [5, 5.41) is 68.4. The van der Waals surface area contributed by atoms with Crippen molar-refractivity contribution in [2.24, 2.45) is 51.6 Å². The van der Waals surface area contributed by atoms with Gasteiger partial charge in [0.1, 0.15) is 78.3 Å². The predicted octanol–water partition coefficient (Wildman–Crippen LogP) is -4.64. The highest BCUT2D eigenvalue weighted by Crippen LogP contribution is 2.24. The Bertz CT molecular complexity index is 3590. The number of aliphatic imine (C=N–C) groups is 1. The van der Waals surface area contributed by atoms with E-state index in [0.717, 1.165) is 11.8 Å². The summed E-state index contributed by atoms with van der Waals surface area (Å²) in [6, 6.07) is -3.60. The van der Waals surface area contributed by atoms with Gasteiger partial charge >= 0.3 is 11.9 Å². The minimum Gasteiger partial charge on any atom is -0.508 e. The van der Waals surface area contributed by atoms with Crippen LogP contribution in [0.1, 0.15) is 138 Å². The molecule has 13 atom stereocenters. The van der Waals surface area contributed by atoms with Gasteiger partial charge in [-0.2, -0.15) is 0 Å². The van der Waals surface area contributed by atoms with Crippen LogP contribution in [0.15, 0.2) is 59.6 Å². The Morgan fingerprint density at radius 2 is 0.955 bits per heavy atom. The molecule has 0 unspecified atom stereocenters. The lowest BCUT2D eigenvalue weighted by molar-refractivity contribution is -0.144. The predicted molar refractivity (Wildman–Crippen MR) is 397 cm³/mol. The average Bonchev–Trinajstić information content (AvgIpc) is 1.63. The van der Waals surface area contributed by atoms with Gasteiger partial charge in [-0.3, -0.25) is 76.9 Å². The molecule has 2 aromatic carbocycles. The largest absolute Gasteiger partial charge is 0.508 e. The number of primary amides is 1. The molecular formula is C72H110N18O20. The van der Waals surface area contributed by atoms with Gasteiger partial charge in [-0.15, -0.1) is 0 Å². The monoisotopic (exact) mass is 1550 g/mol. The third-order valence-electron chi connectivity index (χ3n) is 18.2. The fourth-order valence-corrected chi connectivity index (χ4v) is 12.4. The molecule has 608 valence electrons. The molecule has 0 bridgehead atoms. The van der Waals surface area contributed by atoms with E-state index in [2.05, 4.69) is 63.5 Å². The quantitative estimate of drug-likeness (QED) is 0.0169. The molecule has 23 N–H and O–H groups in total. The Balaban J connectivity index is 1.53. The number of likely N-dealkylation sites (tertiary alicyclic amines) is 2. The van der Waals surface area contributed by atoms with Gasteiger partial charge in [0.15, 0.2) is 5.96 Å². The second-order valence-electron chi connectivity index (χ2n) is 28.8. The lowest BCUT2D eigenvalue weighted by Crippen LogP contribution is -2.62. The number of hydrogen-bond donors (Lipinski definition) is 19. The maximum Gasteiger partial charge on any atom is 0.326 e. The van der Waals surface area contributed by atoms with Crippen LogP contribution < -0.4 is 81.4 Å². The summed E-state index contributed by atoms with van der Waals surface area (Å²) in [7, 11) is 0. The number of phenols is 1. The van der Waals surface area contributed by atoms with Gasteiger partial charge in [0.05, 0.1) is 25.6 Å². The van der Waals surface area contributed by atoms with Crippen LogP contribution in [0.3, 0.4) is 0 Å². The van der Waals surface area contributed by atoms with E-state index in [1.54, 1.807) is 58.0 Å². The van der Waals surface area contributed by atoms with Crippen LogP contribution in [-0.2, 0) is 89.6 Å². The minimum atomic E-state index is -1.92. The highest BCUT2D eigenvalue weighted by atomic mass is 16.4. The molecule has 0 radical (unpaired) electrons. The minimum absolute atomic E-state index is 0.00437. The van der Waals surface area contributed by atoms with Crippen LogP contribution >= 0.6 is 0 Å². The first kappa shape index (κ1) is 91.3. The molecule has 4 rings (SSSR count). The smallest absolute Gasteiger partial charge is 0.326 e. The summed E-state index contributed by atoms with van der Waals surface area (Å²) >= 11 is 0. The molecule has 0 saturated carbocycles. The summed E-state index contributed by atoms with van der Waals surface area (Å²) in [6.07, 6.45) is -3.69. The number of amides is 14. The van der Waals surface area contributed by atoms with Crippen molar-refractivity contribution < 1.29 is 97.1 Å². The molecule has 0 aromatic heterocycles. The van der Waals surface area contributed by atoms with E-state index in [1.807, 2.05) is 13.8 Å². The summed E-state index contributed by atoms with van der Waals surface area (Å²) in [5.74, 6) is -18.2. The number of nitrogens with zero attached hydrogens (tertiary/aromatic N) is 3.